The van der Waals surface area contributed by atoms with Crippen LogP contribution in [0.1, 0.15) is 23.6 Å². The fourth-order valence-corrected chi connectivity index (χ4v) is 2.87. The van der Waals surface area contributed by atoms with Crippen LogP contribution in [0.2, 0.25) is 0 Å². The van der Waals surface area contributed by atoms with E-state index in [1.54, 1.807) is 7.11 Å². The second kappa shape index (κ2) is 6.40. The van der Waals surface area contributed by atoms with Gasteiger partial charge < -0.3 is 14.8 Å². The monoisotopic (exact) mass is 301 g/mol. The van der Waals surface area contributed by atoms with Gasteiger partial charge in [-0.15, -0.1) is 0 Å². The summed E-state index contributed by atoms with van der Waals surface area (Å²) in [4.78, 5) is 0. The summed E-state index contributed by atoms with van der Waals surface area (Å²) < 4.78 is 13.2. The Bertz CT molecular complexity index is 651. The number of methoxy groups -OCH3 is 1. The Hall–Kier alpha value is -2.01. The zero-order valence-electron chi connectivity index (χ0n) is 13.4. The van der Waals surface area contributed by atoms with Crippen LogP contribution in [0, 0.1) is 0 Å². The van der Waals surface area contributed by atoms with E-state index in [-0.39, 0.29) is 6.10 Å². The predicted molar refractivity (Wildman–Crippen MR) is 85.4 cm³/mol. The molecule has 3 rings (SSSR count). The van der Waals surface area contributed by atoms with Crippen LogP contribution in [0.15, 0.2) is 24.5 Å². The van der Waals surface area contributed by atoms with Gasteiger partial charge in [0, 0.05) is 37.3 Å². The molecule has 5 nitrogen and oxygen atoms in total. The summed E-state index contributed by atoms with van der Waals surface area (Å²) in [5.41, 5.74) is 3.62. The number of aryl methyl sites for hydroxylation is 1. The summed E-state index contributed by atoms with van der Waals surface area (Å²) in [7, 11) is 3.66. The van der Waals surface area contributed by atoms with Crippen molar-refractivity contribution in [3.63, 3.8) is 0 Å². The van der Waals surface area contributed by atoms with E-state index in [4.69, 9.17) is 9.47 Å². The number of nitrogens with one attached hydrogen (secondary N) is 1. The molecule has 0 spiro atoms. The Labute approximate surface area is 131 Å². The van der Waals surface area contributed by atoms with Crippen molar-refractivity contribution in [2.45, 2.75) is 32.4 Å². The number of nitrogens with zero attached hydrogens (tertiary/aromatic N) is 2. The lowest BCUT2D eigenvalue weighted by molar-refractivity contribution is 0.254. The van der Waals surface area contributed by atoms with E-state index < -0.39 is 0 Å². The Morgan fingerprint density at radius 3 is 3.05 bits per heavy atom. The second-order valence-corrected chi connectivity index (χ2v) is 5.85. The minimum atomic E-state index is 0.258. The molecule has 1 aromatic carbocycles. The minimum Gasteiger partial charge on any atom is -0.496 e. The van der Waals surface area contributed by atoms with Crippen LogP contribution < -0.4 is 14.8 Å². The molecule has 0 fully saturated rings. The first-order valence-corrected chi connectivity index (χ1v) is 7.70. The van der Waals surface area contributed by atoms with Crippen molar-refractivity contribution < 1.29 is 9.47 Å². The van der Waals surface area contributed by atoms with Crippen molar-refractivity contribution in [3.8, 4) is 11.5 Å². The lowest BCUT2D eigenvalue weighted by Crippen LogP contribution is -2.17. The van der Waals surface area contributed by atoms with Crippen molar-refractivity contribution in [2.24, 2.45) is 7.05 Å². The van der Waals surface area contributed by atoms with Crippen LogP contribution in [-0.4, -0.2) is 29.5 Å². The molecule has 0 bridgehead atoms. The standard InChI is InChI=1S/C17H23N3O2/c1-12-6-14-7-16(21-3)15(8-17(14)22-12)10-18-5-4-13-9-19-20(2)11-13/h7-9,11-12,18H,4-6,10H2,1-3H3. The maximum Gasteiger partial charge on any atom is 0.123 e. The summed E-state index contributed by atoms with van der Waals surface area (Å²) >= 11 is 0. The minimum absolute atomic E-state index is 0.258. The average Bonchev–Trinajstić information content (AvgIpc) is 3.06. The molecule has 1 unspecified atom stereocenters. The van der Waals surface area contributed by atoms with Gasteiger partial charge in [0.1, 0.15) is 17.6 Å². The SMILES string of the molecule is COc1cc2c(cc1CNCCc1cnn(C)c1)OC(C)C2. The number of hydrogen-bond acceptors (Lipinski definition) is 4. The first-order chi connectivity index (χ1) is 10.7. The van der Waals surface area contributed by atoms with E-state index in [1.807, 2.05) is 24.1 Å². The molecule has 2 aromatic rings. The van der Waals surface area contributed by atoms with Crippen molar-refractivity contribution in [1.29, 1.82) is 0 Å². The summed E-state index contributed by atoms with van der Waals surface area (Å²) in [6, 6.07) is 4.21. The molecule has 22 heavy (non-hydrogen) atoms. The molecule has 1 atom stereocenters. The molecule has 0 aliphatic carbocycles. The smallest absolute Gasteiger partial charge is 0.123 e. The lowest BCUT2D eigenvalue weighted by Gasteiger charge is -2.12. The maximum atomic E-state index is 5.83. The number of fused-ring (bicyclic) bond motifs is 1. The molecule has 1 N–H and O–H groups in total. The van der Waals surface area contributed by atoms with Crippen LogP contribution in [0.5, 0.6) is 11.5 Å². The van der Waals surface area contributed by atoms with Crippen molar-refractivity contribution in [2.75, 3.05) is 13.7 Å². The van der Waals surface area contributed by atoms with Gasteiger partial charge in [-0.1, -0.05) is 0 Å². The maximum absolute atomic E-state index is 5.83. The Morgan fingerprint density at radius 2 is 2.32 bits per heavy atom. The molecule has 0 saturated carbocycles. The van der Waals surface area contributed by atoms with Crippen LogP contribution in [0.3, 0.4) is 0 Å². The van der Waals surface area contributed by atoms with Crippen molar-refractivity contribution >= 4 is 0 Å². The lowest BCUT2D eigenvalue weighted by atomic mass is 10.1. The quantitative estimate of drug-likeness (QED) is 0.830. The highest BCUT2D eigenvalue weighted by Crippen LogP contribution is 2.34. The highest BCUT2D eigenvalue weighted by Gasteiger charge is 2.21. The van der Waals surface area contributed by atoms with Gasteiger partial charge in [-0.25, -0.2) is 0 Å². The van der Waals surface area contributed by atoms with Gasteiger partial charge in [-0.05, 0) is 37.6 Å². The predicted octanol–water partition coefficient (Wildman–Crippen LogP) is 2.08. The van der Waals surface area contributed by atoms with Crippen molar-refractivity contribution in [1.82, 2.24) is 15.1 Å². The fraction of sp³-hybridized carbons (Fsp3) is 0.471. The van der Waals surface area contributed by atoms with Gasteiger partial charge in [0.2, 0.25) is 0 Å². The normalized spacial score (nSPS) is 16.4. The Morgan fingerprint density at radius 1 is 1.45 bits per heavy atom. The molecular formula is C17H23N3O2. The number of aromatic nitrogens is 2. The molecule has 0 saturated heterocycles. The third-order valence-corrected chi connectivity index (χ3v) is 3.96. The van der Waals surface area contributed by atoms with E-state index >= 15 is 0 Å². The number of rotatable bonds is 6. The van der Waals surface area contributed by atoms with E-state index in [9.17, 15) is 0 Å². The largest absolute Gasteiger partial charge is 0.496 e. The van der Waals surface area contributed by atoms with Crippen molar-refractivity contribution in [3.05, 3.63) is 41.2 Å². The summed E-state index contributed by atoms with van der Waals surface area (Å²) in [6.45, 7) is 3.77. The molecular weight excluding hydrogens is 278 g/mol. The van der Waals surface area contributed by atoms with Crippen LogP contribution >= 0.6 is 0 Å². The Kier molecular flexibility index (Phi) is 4.34. The van der Waals surface area contributed by atoms with Gasteiger partial charge in [0.05, 0.1) is 13.3 Å². The zero-order valence-corrected chi connectivity index (χ0v) is 13.4. The number of hydrogen-bond donors (Lipinski definition) is 1. The highest BCUT2D eigenvalue weighted by molar-refractivity contribution is 5.48. The number of ether oxygens (including phenoxy) is 2. The Balaban J connectivity index is 1.59. The summed E-state index contributed by atoms with van der Waals surface area (Å²) in [5.74, 6) is 1.93. The molecule has 5 heteroatoms. The van der Waals surface area contributed by atoms with Crippen LogP contribution in [0.4, 0.5) is 0 Å². The van der Waals surface area contributed by atoms with Crippen LogP contribution in [0.25, 0.3) is 0 Å². The first kappa shape index (κ1) is 14.9. The van der Waals surface area contributed by atoms with Gasteiger partial charge in [0.25, 0.3) is 0 Å². The first-order valence-electron chi connectivity index (χ1n) is 7.70. The molecule has 118 valence electrons. The molecule has 1 aliphatic heterocycles. The fourth-order valence-electron chi connectivity index (χ4n) is 2.87. The topological polar surface area (TPSA) is 48.3 Å². The summed E-state index contributed by atoms with van der Waals surface area (Å²) in [5, 5.41) is 7.64. The third kappa shape index (κ3) is 3.25. The van der Waals surface area contributed by atoms with Gasteiger partial charge in [-0.3, -0.25) is 4.68 Å². The molecule has 0 radical (unpaired) electrons. The van der Waals surface area contributed by atoms with Gasteiger partial charge in [0.15, 0.2) is 0 Å². The molecule has 2 heterocycles. The second-order valence-electron chi connectivity index (χ2n) is 5.85. The van der Waals surface area contributed by atoms with E-state index in [1.165, 1.54) is 11.1 Å². The number of benzene rings is 1. The average molecular weight is 301 g/mol. The van der Waals surface area contributed by atoms with Gasteiger partial charge in [-0.2, -0.15) is 5.10 Å². The van der Waals surface area contributed by atoms with E-state index in [2.05, 4.69) is 29.5 Å². The zero-order chi connectivity index (χ0) is 15.5. The molecule has 0 amide bonds. The highest BCUT2D eigenvalue weighted by atomic mass is 16.5. The van der Waals surface area contributed by atoms with Gasteiger partial charge >= 0.3 is 0 Å². The van der Waals surface area contributed by atoms with Crippen LogP contribution in [-0.2, 0) is 26.4 Å². The molecule has 1 aliphatic rings. The summed E-state index contributed by atoms with van der Waals surface area (Å²) in [6.07, 6.45) is 6.14. The van der Waals surface area contributed by atoms with E-state index in [0.29, 0.717) is 0 Å². The van der Waals surface area contributed by atoms with E-state index in [0.717, 1.165) is 43.0 Å². The molecule has 1 aromatic heterocycles. The third-order valence-electron chi connectivity index (χ3n) is 3.96.